The molecule has 15 heteroatoms. The van der Waals surface area contributed by atoms with E-state index in [4.69, 9.17) is 0 Å². The minimum atomic E-state index is -5.24. The standard InChI is InChI=1S/C19H13F3O9S3/c20-32(23,24)29-16-7-1-13(2-8-16)19(14-3-9-17(10-4-14)30-33(21,25)26)15-5-11-18(12-6-15)31-34(22,27)28/h1-12,19H. The second kappa shape index (κ2) is 9.52. The van der Waals surface area contributed by atoms with Gasteiger partial charge in [0.05, 0.1) is 0 Å². The van der Waals surface area contributed by atoms with Gasteiger partial charge in [0.15, 0.2) is 0 Å². The Morgan fingerprint density at radius 1 is 0.441 bits per heavy atom. The fourth-order valence-corrected chi connectivity index (χ4v) is 4.09. The minimum absolute atomic E-state index is 0.307. The molecule has 0 amide bonds. The van der Waals surface area contributed by atoms with Gasteiger partial charge in [0, 0.05) is 5.92 Å². The number of hydrogen-bond acceptors (Lipinski definition) is 9. The van der Waals surface area contributed by atoms with Crippen LogP contribution in [-0.2, 0) is 31.5 Å². The van der Waals surface area contributed by atoms with E-state index in [0.29, 0.717) is 16.7 Å². The van der Waals surface area contributed by atoms with Gasteiger partial charge in [-0.3, -0.25) is 0 Å². The van der Waals surface area contributed by atoms with Gasteiger partial charge in [0.25, 0.3) is 0 Å². The van der Waals surface area contributed by atoms with Crippen molar-refractivity contribution in [1.82, 2.24) is 0 Å². The third kappa shape index (κ3) is 7.64. The summed E-state index contributed by atoms with van der Waals surface area (Å²) in [6, 6.07) is 15.6. The molecule has 9 nitrogen and oxygen atoms in total. The van der Waals surface area contributed by atoms with Crippen LogP contribution in [0.5, 0.6) is 17.2 Å². The summed E-state index contributed by atoms with van der Waals surface area (Å²) in [5.74, 6) is -1.57. The van der Waals surface area contributed by atoms with Crippen molar-refractivity contribution in [2.45, 2.75) is 5.92 Å². The maximum absolute atomic E-state index is 12.8. The maximum atomic E-state index is 12.8. The van der Waals surface area contributed by atoms with Crippen molar-refractivity contribution in [3.8, 4) is 17.2 Å². The van der Waals surface area contributed by atoms with Gasteiger partial charge in [-0.1, -0.05) is 48.1 Å². The summed E-state index contributed by atoms with van der Waals surface area (Å²) >= 11 is 0. The Morgan fingerprint density at radius 3 is 0.824 bits per heavy atom. The second-order valence-corrected chi connectivity index (χ2v) is 9.43. The molecule has 3 rings (SSSR count). The van der Waals surface area contributed by atoms with E-state index >= 15 is 0 Å². The molecule has 0 saturated carbocycles. The quantitative estimate of drug-likeness (QED) is 0.296. The highest BCUT2D eigenvalue weighted by Crippen LogP contribution is 2.35. The number of benzene rings is 3. The first kappa shape index (κ1) is 25.3. The maximum Gasteiger partial charge on any atom is 0.488 e. The zero-order valence-corrected chi connectivity index (χ0v) is 19.0. The fraction of sp³-hybridized carbons (Fsp3) is 0.0526. The molecule has 0 saturated heterocycles. The third-order valence-electron chi connectivity index (χ3n) is 4.23. The van der Waals surface area contributed by atoms with Gasteiger partial charge in [0.1, 0.15) is 17.2 Å². The smallest absolute Gasteiger partial charge is 0.358 e. The highest BCUT2D eigenvalue weighted by atomic mass is 32.3. The van der Waals surface area contributed by atoms with Gasteiger partial charge in [-0.05, 0) is 53.1 Å². The van der Waals surface area contributed by atoms with Gasteiger partial charge >= 0.3 is 31.5 Å². The molecule has 0 aliphatic heterocycles. The lowest BCUT2D eigenvalue weighted by molar-refractivity contribution is 0.438. The van der Waals surface area contributed by atoms with Crippen molar-refractivity contribution in [2.75, 3.05) is 0 Å². The molecule has 182 valence electrons. The van der Waals surface area contributed by atoms with Crippen molar-refractivity contribution in [3.63, 3.8) is 0 Å². The van der Waals surface area contributed by atoms with Crippen LogP contribution in [0.3, 0.4) is 0 Å². The molecule has 0 aliphatic carbocycles. The third-order valence-corrected chi connectivity index (χ3v) is 5.40. The average Bonchev–Trinajstić information content (AvgIpc) is 2.69. The topological polar surface area (TPSA) is 130 Å². The highest BCUT2D eigenvalue weighted by molar-refractivity contribution is 7.82. The molecule has 0 aliphatic rings. The Bertz CT molecular complexity index is 1290. The molecule has 0 aromatic heterocycles. The van der Waals surface area contributed by atoms with Crippen LogP contribution in [0.15, 0.2) is 72.8 Å². The van der Waals surface area contributed by atoms with Gasteiger partial charge < -0.3 is 12.5 Å². The van der Waals surface area contributed by atoms with Gasteiger partial charge in [0.2, 0.25) is 0 Å². The first-order chi connectivity index (χ1) is 15.7. The lowest BCUT2D eigenvalue weighted by atomic mass is 9.85. The molecular weight excluding hydrogens is 525 g/mol. The number of rotatable bonds is 9. The van der Waals surface area contributed by atoms with Crippen LogP contribution in [0.2, 0.25) is 0 Å². The summed E-state index contributed by atoms with van der Waals surface area (Å²) in [7, 11) is -15.7. The van der Waals surface area contributed by atoms with E-state index in [-0.39, 0.29) is 17.2 Å². The molecule has 0 spiro atoms. The molecule has 0 radical (unpaired) electrons. The van der Waals surface area contributed by atoms with Gasteiger partial charge in [-0.25, -0.2) is 0 Å². The zero-order valence-electron chi connectivity index (χ0n) is 16.5. The van der Waals surface area contributed by atoms with E-state index in [0.717, 1.165) is 0 Å². The predicted molar refractivity (Wildman–Crippen MR) is 112 cm³/mol. The Labute approximate surface area is 193 Å². The molecule has 0 atom stereocenters. The number of hydrogen-bond donors (Lipinski definition) is 0. The first-order valence-corrected chi connectivity index (χ1v) is 12.8. The van der Waals surface area contributed by atoms with Crippen molar-refractivity contribution >= 4 is 31.5 Å². The Balaban J connectivity index is 2.01. The Kier molecular flexibility index (Phi) is 7.09. The Morgan fingerprint density at radius 2 is 0.647 bits per heavy atom. The van der Waals surface area contributed by atoms with Crippen molar-refractivity contribution < 1.29 is 49.5 Å². The summed E-state index contributed by atoms with van der Waals surface area (Å²) in [5.41, 5.74) is 1.51. The van der Waals surface area contributed by atoms with Crippen LogP contribution < -0.4 is 12.5 Å². The van der Waals surface area contributed by atoms with E-state index in [2.05, 4.69) is 12.5 Å². The van der Waals surface area contributed by atoms with Crippen molar-refractivity contribution in [2.24, 2.45) is 0 Å². The SMILES string of the molecule is O=S(=O)(F)Oc1ccc(C(c2ccc(OS(=O)(=O)F)cc2)c2ccc(OS(=O)(=O)F)cc2)cc1. The molecule has 0 unspecified atom stereocenters. The van der Waals surface area contributed by atoms with Crippen LogP contribution in [0, 0.1) is 0 Å². The van der Waals surface area contributed by atoms with Crippen LogP contribution in [-0.4, -0.2) is 25.3 Å². The van der Waals surface area contributed by atoms with Crippen molar-refractivity contribution in [3.05, 3.63) is 89.5 Å². The summed E-state index contributed by atoms with van der Waals surface area (Å²) in [5, 5.41) is 0. The van der Waals surface area contributed by atoms with Gasteiger partial charge in [-0.15, -0.1) is 0 Å². The molecule has 34 heavy (non-hydrogen) atoms. The summed E-state index contributed by atoms with van der Waals surface area (Å²) in [4.78, 5) is 0. The molecule has 0 heterocycles. The van der Waals surface area contributed by atoms with Crippen molar-refractivity contribution in [1.29, 1.82) is 0 Å². The van der Waals surface area contributed by atoms with Crippen LogP contribution >= 0.6 is 0 Å². The highest BCUT2D eigenvalue weighted by Gasteiger charge is 2.20. The van der Waals surface area contributed by atoms with E-state index in [1.54, 1.807) is 0 Å². The molecule has 3 aromatic carbocycles. The average molecular weight is 538 g/mol. The van der Waals surface area contributed by atoms with Gasteiger partial charge in [-0.2, -0.15) is 25.3 Å². The molecule has 3 aromatic rings. The van der Waals surface area contributed by atoms with Crippen LogP contribution in [0.1, 0.15) is 22.6 Å². The molecular formula is C19H13F3O9S3. The molecule has 0 N–H and O–H groups in total. The lowest BCUT2D eigenvalue weighted by Crippen LogP contribution is -2.06. The lowest BCUT2D eigenvalue weighted by Gasteiger charge is -2.19. The van der Waals surface area contributed by atoms with E-state index in [1.807, 2.05) is 0 Å². The summed E-state index contributed by atoms with van der Waals surface area (Å²) in [6.45, 7) is 0. The summed E-state index contributed by atoms with van der Waals surface area (Å²) < 4.78 is 115. The summed E-state index contributed by atoms with van der Waals surface area (Å²) in [6.07, 6.45) is 0. The largest absolute Gasteiger partial charge is 0.488 e. The minimum Gasteiger partial charge on any atom is -0.358 e. The zero-order chi connectivity index (χ0) is 25.1. The second-order valence-electron chi connectivity index (χ2n) is 6.57. The van der Waals surface area contributed by atoms with E-state index in [9.17, 15) is 36.9 Å². The number of halogens is 3. The molecule has 0 bridgehead atoms. The van der Waals surface area contributed by atoms with Crippen LogP contribution in [0.25, 0.3) is 0 Å². The Hall–Kier alpha value is -3.30. The monoisotopic (exact) mass is 538 g/mol. The van der Waals surface area contributed by atoms with Crippen LogP contribution in [0.4, 0.5) is 11.7 Å². The fourth-order valence-electron chi connectivity index (χ4n) is 3.07. The predicted octanol–water partition coefficient (Wildman–Crippen LogP) is 3.65. The van der Waals surface area contributed by atoms with E-state index < -0.39 is 37.4 Å². The normalized spacial score (nSPS) is 12.4. The van der Waals surface area contributed by atoms with E-state index in [1.165, 1.54) is 72.8 Å². The first-order valence-electron chi connectivity index (χ1n) is 8.91. The molecule has 0 fully saturated rings.